The molecular weight excluding hydrogens is 292 g/mol. The van der Waals surface area contributed by atoms with Crippen LogP contribution in [0.25, 0.3) is 0 Å². The highest BCUT2D eigenvalue weighted by Crippen LogP contribution is 2.35. The average Bonchev–Trinajstić information content (AvgIpc) is 2.55. The largest absolute Gasteiger partial charge is 0.386 e. The van der Waals surface area contributed by atoms with Crippen LogP contribution in [0.5, 0.6) is 0 Å². The Morgan fingerprint density at radius 3 is 2.05 bits per heavy atom. The van der Waals surface area contributed by atoms with Gasteiger partial charge in [0.25, 0.3) is 0 Å². The molecule has 0 amide bonds. The highest BCUT2D eigenvalue weighted by molar-refractivity contribution is 7.98. The van der Waals surface area contributed by atoms with Gasteiger partial charge in [0.2, 0.25) is 0 Å². The maximum absolute atomic E-state index is 11.0. The SMILES string of the molecule is CC(C)[C@](O)(CSCc1ccccc1)[C@@H](O)c1ccccc1. The third kappa shape index (κ3) is 4.13. The molecular formula is C19H24O2S. The van der Waals surface area contributed by atoms with Crippen LogP contribution in [-0.2, 0) is 5.75 Å². The van der Waals surface area contributed by atoms with E-state index in [0.717, 1.165) is 11.3 Å². The van der Waals surface area contributed by atoms with Gasteiger partial charge in [0.15, 0.2) is 0 Å². The minimum atomic E-state index is -1.14. The summed E-state index contributed by atoms with van der Waals surface area (Å²) in [7, 11) is 0. The van der Waals surface area contributed by atoms with Gasteiger partial charge >= 0.3 is 0 Å². The second-order valence-corrected chi connectivity index (χ2v) is 6.92. The zero-order valence-corrected chi connectivity index (χ0v) is 14.0. The second kappa shape index (κ2) is 7.82. The Balaban J connectivity index is 2.05. The Morgan fingerprint density at radius 2 is 1.50 bits per heavy atom. The van der Waals surface area contributed by atoms with E-state index in [0.29, 0.717) is 5.75 Å². The minimum Gasteiger partial charge on any atom is -0.386 e. The van der Waals surface area contributed by atoms with E-state index in [4.69, 9.17) is 0 Å². The quantitative estimate of drug-likeness (QED) is 0.810. The van der Waals surface area contributed by atoms with E-state index >= 15 is 0 Å². The molecule has 0 fully saturated rings. The Morgan fingerprint density at radius 1 is 0.955 bits per heavy atom. The predicted octanol–water partition coefficient (Wildman–Crippen LogP) is 4.04. The lowest BCUT2D eigenvalue weighted by molar-refractivity contribution is -0.0903. The fourth-order valence-electron chi connectivity index (χ4n) is 2.39. The molecule has 0 spiro atoms. The number of hydrogen-bond acceptors (Lipinski definition) is 3. The number of thioether (sulfide) groups is 1. The van der Waals surface area contributed by atoms with Crippen molar-refractivity contribution in [2.75, 3.05) is 5.75 Å². The molecule has 2 atom stereocenters. The topological polar surface area (TPSA) is 40.5 Å². The van der Waals surface area contributed by atoms with E-state index < -0.39 is 11.7 Å². The molecule has 0 saturated carbocycles. The van der Waals surface area contributed by atoms with Crippen LogP contribution in [0, 0.1) is 5.92 Å². The van der Waals surface area contributed by atoms with Gasteiger partial charge in [0, 0.05) is 11.5 Å². The monoisotopic (exact) mass is 316 g/mol. The molecule has 2 rings (SSSR count). The first-order valence-electron chi connectivity index (χ1n) is 7.61. The van der Waals surface area contributed by atoms with Crippen LogP contribution >= 0.6 is 11.8 Å². The summed E-state index contributed by atoms with van der Waals surface area (Å²) in [6.45, 7) is 3.91. The molecule has 2 aromatic carbocycles. The first-order chi connectivity index (χ1) is 10.5. The lowest BCUT2D eigenvalue weighted by atomic mass is 9.83. The van der Waals surface area contributed by atoms with Crippen molar-refractivity contribution in [2.45, 2.75) is 31.3 Å². The number of aliphatic hydroxyl groups excluding tert-OH is 1. The first-order valence-corrected chi connectivity index (χ1v) is 8.76. The zero-order valence-electron chi connectivity index (χ0n) is 13.1. The van der Waals surface area contributed by atoms with Crippen molar-refractivity contribution in [3.8, 4) is 0 Å². The van der Waals surface area contributed by atoms with E-state index in [9.17, 15) is 10.2 Å². The summed E-state index contributed by atoms with van der Waals surface area (Å²) in [5, 5.41) is 21.7. The average molecular weight is 316 g/mol. The lowest BCUT2D eigenvalue weighted by Gasteiger charge is -2.36. The molecule has 3 heteroatoms. The summed E-state index contributed by atoms with van der Waals surface area (Å²) in [5.74, 6) is 1.29. The van der Waals surface area contributed by atoms with E-state index in [1.165, 1.54) is 5.56 Å². The minimum absolute atomic E-state index is 0.0361. The van der Waals surface area contributed by atoms with Crippen LogP contribution in [0.3, 0.4) is 0 Å². The van der Waals surface area contributed by atoms with Crippen LogP contribution in [0.2, 0.25) is 0 Å². The van der Waals surface area contributed by atoms with Crippen molar-refractivity contribution in [3.63, 3.8) is 0 Å². The predicted molar refractivity (Wildman–Crippen MR) is 93.8 cm³/mol. The lowest BCUT2D eigenvalue weighted by Crippen LogP contribution is -2.44. The van der Waals surface area contributed by atoms with Crippen LogP contribution in [-0.4, -0.2) is 21.6 Å². The molecule has 2 aromatic rings. The van der Waals surface area contributed by atoms with Crippen molar-refractivity contribution in [1.29, 1.82) is 0 Å². The number of benzene rings is 2. The summed E-state index contributed by atoms with van der Waals surface area (Å²) in [5.41, 5.74) is 0.854. The molecule has 0 aliphatic heterocycles. The second-order valence-electron chi connectivity index (χ2n) is 5.94. The number of aliphatic hydroxyl groups is 2. The Hall–Kier alpha value is -1.29. The third-order valence-corrected chi connectivity index (χ3v) is 5.24. The summed E-state index contributed by atoms with van der Waals surface area (Å²) in [6.07, 6.45) is -0.878. The van der Waals surface area contributed by atoms with Crippen LogP contribution in [0.1, 0.15) is 31.1 Å². The Labute approximate surface area is 137 Å². The Kier molecular flexibility index (Phi) is 6.07. The molecule has 2 N–H and O–H groups in total. The van der Waals surface area contributed by atoms with Crippen LogP contribution in [0.15, 0.2) is 60.7 Å². The molecule has 0 radical (unpaired) electrons. The van der Waals surface area contributed by atoms with Gasteiger partial charge in [-0.05, 0) is 17.0 Å². The van der Waals surface area contributed by atoms with Crippen molar-refractivity contribution < 1.29 is 10.2 Å². The van der Waals surface area contributed by atoms with Gasteiger partial charge in [-0.2, -0.15) is 11.8 Å². The highest BCUT2D eigenvalue weighted by Gasteiger charge is 2.39. The molecule has 0 unspecified atom stereocenters. The molecule has 0 saturated heterocycles. The molecule has 0 heterocycles. The maximum atomic E-state index is 11.0. The molecule has 0 aliphatic carbocycles. The van der Waals surface area contributed by atoms with Crippen molar-refractivity contribution >= 4 is 11.8 Å². The first kappa shape index (κ1) is 17.1. The summed E-state index contributed by atoms with van der Waals surface area (Å²) < 4.78 is 0. The van der Waals surface area contributed by atoms with Crippen molar-refractivity contribution in [2.24, 2.45) is 5.92 Å². The van der Waals surface area contributed by atoms with Gasteiger partial charge in [0.1, 0.15) is 11.7 Å². The smallest absolute Gasteiger partial charge is 0.109 e. The van der Waals surface area contributed by atoms with E-state index in [2.05, 4.69) is 12.1 Å². The summed E-state index contributed by atoms with van der Waals surface area (Å²) >= 11 is 1.65. The standard InChI is InChI=1S/C19H24O2S/c1-15(2)19(21,18(20)17-11-7-4-8-12-17)14-22-13-16-9-5-3-6-10-16/h3-12,15,18,20-21H,13-14H2,1-2H3/t18-,19+/m0/s1. The fraction of sp³-hybridized carbons (Fsp3) is 0.368. The summed E-state index contributed by atoms with van der Waals surface area (Å²) in [6, 6.07) is 19.6. The summed E-state index contributed by atoms with van der Waals surface area (Å²) in [4.78, 5) is 0. The van der Waals surface area contributed by atoms with Gasteiger partial charge in [-0.1, -0.05) is 74.5 Å². The number of rotatable bonds is 7. The van der Waals surface area contributed by atoms with Crippen molar-refractivity contribution in [1.82, 2.24) is 0 Å². The third-order valence-electron chi connectivity index (χ3n) is 4.03. The Bertz CT molecular complexity index is 556. The van der Waals surface area contributed by atoms with E-state index in [-0.39, 0.29) is 5.92 Å². The van der Waals surface area contributed by atoms with Gasteiger partial charge in [0.05, 0.1) is 0 Å². The van der Waals surface area contributed by atoms with Gasteiger partial charge in [-0.15, -0.1) is 0 Å². The zero-order chi connectivity index (χ0) is 16.0. The number of hydrogen-bond donors (Lipinski definition) is 2. The van der Waals surface area contributed by atoms with E-state index in [1.807, 2.05) is 62.4 Å². The van der Waals surface area contributed by atoms with Crippen LogP contribution in [0.4, 0.5) is 0 Å². The fourth-order valence-corrected chi connectivity index (χ4v) is 3.74. The van der Waals surface area contributed by atoms with Gasteiger partial charge in [-0.3, -0.25) is 0 Å². The normalized spacial score (nSPS) is 15.5. The van der Waals surface area contributed by atoms with Crippen molar-refractivity contribution in [3.05, 3.63) is 71.8 Å². The molecule has 22 heavy (non-hydrogen) atoms. The maximum Gasteiger partial charge on any atom is 0.109 e. The molecule has 0 aromatic heterocycles. The van der Waals surface area contributed by atoms with Crippen LogP contribution < -0.4 is 0 Å². The molecule has 2 nitrogen and oxygen atoms in total. The van der Waals surface area contributed by atoms with E-state index in [1.54, 1.807) is 11.8 Å². The molecule has 0 bridgehead atoms. The molecule has 118 valence electrons. The highest BCUT2D eigenvalue weighted by atomic mass is 32.2. The molecule has 0 aliphatic rings. The van der Waals surface area contributed by atoms with Gasteiger partial charge in [-0.25, -0.2) is 0 Å². The van der Waals surface area contributed by atoms with Gasteiger partial charge < -0.3 is 10.2 Å².